The van der Waals surface area contributed by atoms with E-state index in [-0.39, 0.29) is 24.8 Å². The standard InChI is InChI=1S/C20H19F2NO3/c21-14-6-4-7-15(22)17(14)20(9-1-2-10-20)11-23-19(24)13-5-3-8-16-18(13)26-12-25-16/h3-8H,1-2,9-12H2,(H,23,24). The van der Waals surface area contributed by atoms with Crippen molar-refractivity contribution in [2.45, 2.75) is 31.1 Å². The quantitative estimate of drug-likeness (QED) is 0.900. The zero-order chi connectivity index (χ0) is 18.1. The summed E-state index contributed by atoms with van der Waals surface area (Å²) in [5, 5.41) is 2.86. The normalized spacial score (nSPS) is 17.3. The van der Waals surface area contributed by atoms with E-state index in [1.54, 1.807) is 18.2 Å². The Morgan fingerprint density at radius 2 is 1.73 bits per heavy atom. The van der Waals surface area contributed by atoms with Gasteiger partial charge in [0.2, 0.25) is 6.79 Å². The van der Waals surface area contributed by atoms with E-state index in [0.29, 0.717) is 29.9 Å². The van der Waals surface area contributed by atoms with Crippen LogP contribution in [0.15, 0.2) is 36.4 Å². The largest absolute Gasteiger partial charge is 0.454 e. The summed E-state index contributed by atoms with van der Waals surface area (Å²) in [7, 11) is 0. The third-order valence-electron chi connectivity index (χ3n) is 5.28. The molecule has 1 aliphatic carbocycles. The summed E-state index contributed by atoms with van der Waals surface area (Å²) in [4.78, 5) is 12.7. The van der Waals surface area contributed by atoms with Crippen LogP contribution in [-0.4, -0.2) is 19.2 Å². The van der Waals surface area contributed by atoms with Crippen LogP contribution in [0.1, 0.15) is 41.6 Å². The molecule has 2 aliphatic rings. The van der Waals surface area contributed by atoms with Gasteiger partial charge in [0, 0.05) is 17.5 Å². The topological polar surface area (TPSA) is 47.6 Å². The second-order valence-electron chi connectivity index (χ2n) is 6.81. The van der Waals surface area contributed by atoms with Crippen LogP contribution in [0.5, 0.6) is 11.5 Å². The van der Waals surface area contributed by atoms with Gasteiger partial charge in [0.1, 0.15) is 11.6 Å². The second-order valence-corrected chi connectivity index (χ2v) is 6.81. The van der Waals surface area contributed by atoms with Crippen molar-refractivity contribution in [2.75, 3.05) is 13.3 Å². The highest BCUT2D eigenvalue weighted by molar-refractivity contribution is 5.98. The van der Waals surface area contributed by atoms with E-state index in [1.807, 2.05) is 0 Å². The number of carbonyl (C=O) groups excluding carboxylic acids is 1. The number of ether oxygens (including phenoxy) is 2. The lowest BCUT2D eigenvalue weighted by Crippen LogP contribution is -2.40. The summed E-state index contributed by atoms with van der Waals surface area (Å²) in [5.41, 5.74) is -0.279. The monoisotopic (exact) mass is 359 g/mol. The molecule has 0 aromatic heterocycles. The van der Waals surface area contributed by atoms with Crippen LogP contribution in [0.2, 0.25) is 0 Å². The molecule has 0 saturated heterocycles. The number of fused-ring (bicyclic) bond motifs is 1. The van der Waals surface area contributed by atoms with Gasteiger partial charge in [-0.3, -0.25) is 4.79 Å². The lowest BCUT2D eigenvalue weighted by Gasteiger charge is -2.30. The van der Waals surface area contributed by atoms with E-state index in [1.165, 1.54) is 18.2 Å². The molecular formula is C20H19F2NO3. The number of benzene rings is 2. The van der Waals surface area contributed by atoms with Gasteiger partial charge < -0.3 is 14.8 Å². The third-order valence-corrected chi connectivity index (χ3v) is 5.28. The molecule has 6 heteroatoms. The van der Waals surface area contributed by atoms with Crippen LogP contribution in [-0.2, 0) is 5.41 Å². The molecule has 0 unspecified atom stereocenters. The molecule has 1 N–H and O–H groups in total. The molecule has 0 radical (unpaired) electrons. The molecule has 26 heavy (non-hydrogen) atoms. The van der Waals surface area contributed by atoms with Crippen LogP contribution < -0.4 is 14.8 Å². The first-order valence-corrected chi connectivity index (χ1v) is 8.72. The highest BCUT2D eigenvalue weighted by Crippen LogP contribution is 2.43. The highest BCUT2D eigenvalue weighted by Gasteiger charge is 2.40. The molecule has 1 aliphatic heterocycles. The molecule has 136 valence electrons. The number of halogens is 2. The maximum atomic E-state index is 14.4. The summed E-state index contributed by atoms with van der Waals surface area (Å²) in [6.45, 7) is 0.248. The predicted molar refractivity (Wildman–Crippen MR) is 91.4 cm³/mol. The fourth-order valence-electron chi connectivity index (χ4n) is 4.03. The van der Waals surface area contributed by atoms with Crippen LogP contribution >= 0.6 is 0 Å². The molecule has 0 bridgehead atoms. The zero-order valence-electron chi connectivity index (χ0n) is 14.2. The molecule has 4 nitrogen and oxygen atoms in total. The van der Waals surface area contributed by atoms with Gasteiger partial charge in [-0.2, -0.15) is 0 Å². The highest BCUT2D eigenvalue weighted by atomic mass is 19.1. The molecule has 0 spiro atoms. The Morgan fingerprint density at radius 3 is 2.46 bits per heavy atom. The van der Waals surface area contributed by atoms with Crippen molar-refractivity contribution in [3.63, 3.8) is 0 Å². The van der Waals surface area contributed by atoms with Crippen molar-refractivity contribution in [2.24, 2.45) is 0 Å². The van der Waals surface area contributed by atoms with Gasteiger partial charge in [0.15, 0.2) is 11.5 Å². The minimum Gasteiger partial charge on any atom is -0.454 e. The van der Waals surface area contributed by atoms with Crippen LogP contribution in [0.4, 0.5) is 8.78 Å². The molecular weight excluding hydrogens is 340 g/mol. The van der Waals surface area contributed by atoms with Gasteiger partial charge in [-0.25, -0.2) is 8.78 Å². The van der Waals surface area contributed by atoms with Crippen molar-refractivity contribution in [1.29, 1.82) is 0 Å². The molecule has 1 saturated carbocycles. The number of hydrogen-bond donors (Lipinski definition) is 1. The first-order chi connectivity index (χ1) is 12.6. The van der Waals surface area contributed by atoms with Gasteiger partial charge in [0.25, 0.3) is 5.91 Å². The first-order valence-electron chi connectivity index (χ1n) is 8.72. The fourth-order valence-corrected chi connectivity index (χ4v) is 4.03. The van der Waals surface area contributed by atoms with Crippen molar-refractivity contribution >= 4 is 5.91 Å². The third kappa shape index (κ3) is 2.79. The lowest BCUT2D eigenvalue weighted by molar-refractivity contribution is 0.0937. The van der Waals surface area contributed by atoms with Crippen LogP contribution in [0, 0.1) is 11.6 Å². The summed E-state index contributed by atoms with van der Waals surface area (Å²) in [6.07, 6.45) is 3.03. The zero-order valence-corrected chi connectivity index (χ0v) is 14.2. The smallest absolute Gasteiger partial charge is 0.255 e. The Morgan fingerprint density at radius 1 is 1.04 bits per heavy atom. The molecule has 2 aromatic carbocycles. The van der Waals surface area contributed by atoms with Crippen LogP contribution in [0.25, 0.3) is 0 Å². The molecule has 2 aromatic rings. The number of hydrogen-bond acceptors (Lipinski definition) is 3. The van der Waals surface area contributed by atoms with Gasteiger partial charge in [-0.1, -0.05) is 25.0 Å². The average molecular weight is 359 g/mol. The molecule has 1 heterocycles. The van der Waals surface area contributed by atoms with E-state index in [9.17, 15) is 13.6 Å². The van der Waals surface area contributed by atoms with Crippen molar-refractivity contribution in [3.8, 4) is 11.5 Å². The Balaban J connectivity index is 1.59. The minimum atomic E-state index is -0.722. The Labute approximate surface area is 150 Å². The van der Waals surface area contributed by atoms with E-state index in [0.717, 1.165) is 12.8 Å². The van der Waals surface area contributed by atoms with Crippen molar-refractivity contribution < 1.29 is 23.0 Å². The number of para-hydroxylation sites is 1. The summed E-state index contributed by atoms with van der Waals surface area (Å²) in [5.74, 6) is -0.525. The number of nitrogens with one attached hydrogen (secondary N) is 1. The molecule has 4 rings (SSSR count). The van der Waals surface area contributed by atoms with E-state index >= 15 is 0 Å². The number of amides is 1. The lowest BCUT2D eigenvalue weighted by atomic mass is 9.78. The maximum absolute atomic E-state index is 14.4. The average Bonchev–Trinajstić information content (AvgIpc) is 3.29. The number of carbonyl (C=O) groups is 1. The molecule has 1 amide bonds. The van der Waals surface area contributed by atoms with E-state index in [2.05, 4.69) is 5.32 Å². The molecule has 0 atom stereocenters. The van der Waals surface area contributed by atoms with Crippen molar-refractivity contribution in [1.82, 2.24) is 5.32 Å². The predicted octanol–water partition coefficient (Wildman–Crippen LogP) is 3.94. The summed E-state index contributed by atoms with van der Waals surface area (Å²) in [6, 6.07) is 9.00. The second kappa shape index (κ2) is 6.59. The van der Waals surface area contributed by atoms with Gasteiger partial charge in [0.05, 0.1) is 5.56 Å². The summed E-state index contributed by atoms with van der Waals surface area (Å²) < 4.78 is 39.4. The Bertz CT molecular complexity index is 827. The van der Waals surface area contributed by atoms with Gasteiger partial charge in [-0.05, 0) is 37.1 Å². The molecule has 1 fully saturated rings. The first kappa shape index (κ1) is 16.8. The van der Waals surface area contributed by atoms with Crippen LogP contribution in [0.3, 0.4) is 0 Å². The van der Waals surface area contributed by atoms with Crippen molar-refractivity contribution in [3.05, 3.63) is 59.2 Å². The van der Waals surface area contributed by atoms with E-state index < -0.39 is 17.0 Å². The Hall–Kier alpha value is -2.63. The minimum absolute atomic E-state index is 0.0734. The summed E-state index contributed by atoms with van der Waals surface area (Å²) >= 11 is 0. The van der Waals surface area contributed by atoms with Gasteiger partial charge >= 0.3 is 0 Å². The SMILES string of the molecule is O=C(NCC1(c2c(F)cccc2F)CCCC1)c1cccc2c1OCO2. The Kier molecular flexibility index (Phi) is 4.26. The van der Waals surface area contributed by atoms with E-state index in [4.69, 9.17) is 9.47 Å². The fraction of sp³-hybridized carbons (Fsp3) is 0.350. The maximum Gasteiger partial charge on any atom is 0.255 e. The van der Waals surface area contributed by atoms with Gasteiger partial charge in [-0.15, -0.1) is 0 Å². The number of rotatable bonds is 4.